The number of nitro groups is 1. The summed E-state index contributed by atoms with van der Waals surface area (Å²) in [5.74, 6) is -2.59. The number of nitrogens with zero attached hydrogens (tertiary/aromatic N) is 7. The van der Waals surface area contributed by atoms with Crippen LogP contribution in [0.25, 0.3) is 11.3 Å². The molecule has 0 spiro atoms. The Balaban J connectivity index is 1.78. The number of hydrogen-bond acceptors (Lipinski definition) is 8. The minimum atomic E-state index is -1.08. The molecule has 1 atom stereocenters. The third-order valence-corrected chi connectivity index (χ3v) is 6.17. The Kier molecular flexibility index (Phi) is 8.15. The highest BCUT2D eigenvalue weighted by Gasteiger charge is 2.26. The number of rotatable bonds is 7. The van der Waals surface area contributed by atoms with Crippen LogP contribution in [-0.2, 0) is 6.42 Å². The zero-order valence-corrected chi connectivity index (χ0v) is 22.9. The monoisotopic (exact) mass is 611 g/mol. The summed E-state index contributed by atoms with van der Waals surface area (Å²) in [5.41, 5.74) is 0.906. The number of ether oxygens (including phenoxy) is 1. The van der Waals surface area contributed by atoms with Crippen LogP contribution in [0.5, 0.6) is 5.75 Å². The maximum atomic E-state index is 15.4. The third-order valence-electron chi connectivity index (χ3n) is 5.74. The van der Waals surface area contributed by atoms with Crippen LogP contribution in [-0.4, -0.2) is 49.7 Å². The summed E-state index contributed by atoms with van der Waals surface area (Å²) in [4.78, 5) is 32.5. The lowest BCUT2D eigenvalue weighted by Crippen LogP contribution is -2.29. The molecule has 3 heterocycles. The fraction of sp³-hybridized carbons (Fsp3) is 0.192. The first-order chi connectivity index (χ1) is 19.0. The van der Waals surface area contributed by atoms with Gasteiger partial charge in [0, 0.05) is 50.0 Å². The molecule has 0 fully saturated rings. The molecule has 0 unspecified atom stereocenters. The van der Waals surface area contributed by atoms with Gasteiger partial charge < -0.3 is 19.8 Å². The van der Waals surface area contributed by atoms with E-state index in [9.17, 15) is 24.6 Å². The number of carbonyl (C=O) groups excluding carboxylic acids is 1. The summed E-state index contributed by atoms with van der Waals surface area (Å²) in [7, 11) is 3.04. The molecule has 0 bridgehead atoms. The fourth-order valence-corrected chi connectivity index (χ4v) is 4.30. The molecular weight excluding hydrogens is 592 g/mol. The molecule has 4 rings (SSSR count). The van der Waals surface area contributed by atoms with Gasteiger partial charge in [0.1, 0.15) is 29.5 Å². The van der Waals surface area contributed by atoms with Crippen molar-refractivity contribution in [2.24, 2.45) is 0 Å². The molecule has 0 saturated carbocycles. The number of halogens is 3. The molecule has 204 valence electrons. The van der Waals surface area contributed by atoms with Gasteiger partial charge in [-0.3, -0.25) is 4.98 Å². The average molecular weight is 612 g/mol. The second-order valence-electron chi connectivity index (χ2n) is 8.75. The van der Waals surface area contributed by atoms with E-state index in [0.29, 0.717) is 21.8 Å². The third kappa shape index (κ3) is 5.79. The fourth-order valence-electron chi connectivity index (χ4n) is 3.99. The smallest absolute Gasteiger partial charge is 0.406 e. The lowest BCUT2D eigenvalue weighted by atomic mass is 9.94. The molecule has 4 aromatic rings. The molecule has 0 N–H and O–H groups in total. The first kappa shape index (κ1) is 28.2. The van der Waals surface area contributed by atoms with Crippen LogP contribution in [0.15, 0.2) is 53.3 Å². The largest absolute Gasteiger partial charge is 0.478 e. The van der Waals surface area contributed by atoms with E-state index < -0.39 is 34.5 Å². The van der Waals surface area contributed by atoms with Gasteiger partial charge in [-0.2, -0.15) is 15.0 Å². The Bertz CT molecular complexity index is 1670. The van der Waals surface area contributed by atoms with Crippen molar-refractivity contribution in [1.82, 2.24) is 24.6 Å². The van der Waals surface area contributed by atoms with E-state index >= 15 is 4.39 Å². The quantitative estimate of drug-likeness (QED) is 0.199. The molecule has 0 saturated heterocycles. The predicted molar refractivity (Wildman–Crippen MR) is 141 cm³/mol. The first-order valence-electron chi connectivity index (χ1n) is 11.6. The van der Waals surface area contributed by atoms with Crippen LogP contribution in [0.2, 0.25) is 0 Å². The van der Waals surface area contributed by atoms with Crippen LogP contribution in [0.3, 0.4) is 0 Å². The van der Waals surface area contributed by atoms with Crippen molar-refractivity contribution in [3.8, 4) is 23.1 Å². The van der Waals surface area contributed by atoms with Gasteiger partial charge in [0.15, 0.2) is 6.20 Å². The van der Waals surface area contributed by atoms with Crippen molar-refractivity contribution in [2.45, 2.75) is 19.4 Å². The Labute approximate surface area is 234 Å². The summed E-state index contributed by atoms with van der Waals surface area (Å²) in [6.07, 6.45) is 1.63. The molecular formula is C26H20BrF2N7O4. The molecule has 14 heteroatoms. The Morgan fingerprint density at radius 2 is 2.02 bits per heavy atom. The average Bonchev–Trinajstić information content (AvgIpc) is 3.30. The minimum Gasteiger partial charge on any atom is -0.478 e. The van der Waals surface area contributed by atoms with Crippen molar-refractivity contribution in [3.05, 3.63) is 97.5 Å². The molecule has 1 aromatic carbocycles. The van der Waals surface area contributed by atoms with E-state index in [4.69, 9.17) is 4.74 Å². The van der Waals surface area contributed by atoms with Crippen LogP contribution >= 0.6 is 15.9 Å². The SMILES string of the molecule is C[C@@H](Oc1cc(Br)cnc1[N+](=O)[O-])c1cc(F)cc(F)c1-c1ncccc1Cc1cc(C#N)n(C(=O)N(C)C)n1. The molecule has 11 nitrogen and oxygen atoms in total. The highest BCUT2D eigenvalue weighted by atomic mass is 79.9. The van der Waals surface area contributed by atoms with Crippen LogP contribution < -0.4 is 4.74 Å². The van der Waals surface area contributed by atoms with Gasteiger partial charge in [0.25, 0.3) is 0 Å². The predicted octanol–water partition coefficient (Wildman–Crippen LogP) is 5.42. The van der Waals surface area contributed by atoms with Crippen molar-refractivity contribution in [2.75, 3.05) is 14.1 Å². The van der Waals surface area contributed by atoms with Gasteiger partial charge in [-0.1, -0.05) is 6.07 Å². The van der Waals surface area contributed by atoms with Gasteiger partial charge in [-0.15, -0.1) is 0 Å². The first-order valence-corrected chi connectivity index (χ1v) is 12.4. The molecule has 0 aliphatic carbocycles. The van der Waals surface area contributed by atoms with E-state index in [-0.39, 0.29) is 34.7 Å². The zero-order valence-electron chi connectivity index (χ0n) is 21.3. The number of benzene rings is 1. The lowest BCUT2D eigenvalue weighted by molar-refractivity contribution is -0.390. The minimum absolute atomic E-state index is 0.0130. The van der Waals surface area contributed by atoms with E-state index in [1.165, 1.54) is 50.4 Å². The number of pyridine rings is 2. The number of amides is 1. The molecule has 0 radical (unpaired) electrons. The standard InChI is InChI=1S/C26H20BrF2N7O4/c1-14(40-22-8-16(27)13-32-25(22)36(38)39)20-9-17(28)10-21(29)23(20)24-15(5-4-6-31-24)7-18-11-19(12-30)35(33-18)26(37)34(2)3/h4-6,8-11,13-14H,7H2,1-3H3/t14-/m1/s1. The van der Waals surface area contributed by atoms with Crippen LogP contribution in [0.1, 0.15) is 35.5 Å². The Hall–Kier alpha value is -4.77. The van der Waals surface area contributed by atoms with Crippen LogP contribution in [0, 0.1) is 33.1 Å². The number of nitriles is 1. The van der Waals surface area contributed by atoms with Crippen molar-refractivity contribution in [1.29, 1.82) is 5.26 Å². The van der Waals surface area contributed by atoms with Crippen LogP contribution in [0.4, 0.5) is 19.4 Å². The van der Waals surface area contributed by atoms with E-state index in [1.807, 2.05) is 6.07 Å². The normalized spacial score (nSPS) is 11.5. The van der Waals surface area contributed by atoms with Gasteiger partial charge in [0.05, 0.1) is 15.9 Å². The number of hydrogen-bond donors (Lipinski definition) is 0. The highest BCUT2D eigenvalue weighted by molar-refractivity contribution is 9.10. The maximum absolute atomic E-state index is 15.4. The highest BCUT2D eigenvalue weighted by Crippen LogP contribution is 2.37. The van der Waals surface area contributed by atoms with E-state index in [2.05, 4.69) is 31.0 Å². The second kappa shape index (κ2) is 11.5. The maximum Gasteiger partial charge on any atom is 0.406 e. The van der Waals surface area contributed by atoms with E-state index in [1.54, 1.807) is 12.1 Å². The zero-order chi connectivity index (χ0) is 29.1. The summed E-state index contributed by atoms with van der Waals surface area (Å²) in [6.45, 7) is 1.48. The van der Waals surface area contributed by atoms with Crippen molar-refractivity contribution < 1.29 is 23.2 Å². The molecule has 3 aromatic heterocycles. The Morgan fingerprint density at radius 1 is 1.27 bits per heavy atom. The molecule has 1 amide bonds. The summed E-state index contributed by atoms with van der Waals surface area (Å²) >= 11 is 3.19. The number of aromatic nitrogens is 4. The number of carbonyl (C=O) groups is 1. The van der Waals surface area contributed by atoms with Crippen molar-refractivity contribution in [3.63, 3.8) is 0 Å². The van der Waals surface area contributed by atoms with Crippen molar-refractivity contribution >= 4 is 27.8 Å². The van der Waals surface area contributed by atoms with Gasteiger partial charge in [0.2, 0.25) is 5.75 Å². The molecule has 0 aliphatic rings. The second-order valence-corrected chi connectivity index (χ2v) is 9.67. The Morgan fingerprint density at radius 3 is 2.70 bits per heavy atom. The van der Waals surface area contributed by atoms with Gasteiger partial charge >= 0.3 is 11.8 Å². The van der Waals surface area contributed by atoms with E-state index in [0.717, 1.165) is 10.7 Å². The van der Waals surface area contributed by atoms with Gasteiger partial charge in [-0.05, 0) is 56.5 Å². The summed E-state index contributed by atoms with van der Waals surface area (Å²) in [5, 5.41) is 25.2. The summed E-state index contributed by atoms with van der Waals surface area (Å²) < 4.78 is 37.0. The molecule has 0 aliphatic heterocycles. The topological polar surface area (TPSA) is 140 Å². The lowest BCUT2D eigenvalue weighted by Gasteiger charge is -2.20. The molecule has 40 heavy (non-hydrogen) atoms. The van der Waals surface area contributed by atoms with Gasteiger partial charge in [-0.25, -0.2) is 13.6 Å². The summed E-state index contributed by atoms with van der Waals surface area (Å²) in [6, 6.07) is 9.21.